The fourth-order valence-corrected chi connectivity index (χ4v) is 3.53. The second-order valence-corrected chi connectivity index (χ2v) is 6.94. The van der Waals surface area contributed by atoms with Gasteiger partial charge in [0.25, 0.3) is 5.91 Å². The molecule has 0 saturated carbocycles. The number of nitrogens with two attached hydrogens (primary N) is 1. The predicted octanol–water partition coefficient (Wildman–Crippen LogP) is 2.34. The second-order valence-electron chi connectivity index (χ2n) is 6.94. The Kier molecular flexibility index (Phi) is 6.49. The molecule has 2 N–H and O–H groups in total. The van der Waals surface area contributed by atoms with Gasteiger partial charge in [0.15, 0.2) is 11.5 Å². The van der Waals surface area contributed by atoms with Gasteiger partial charge in [-0.25, -0.2) is 0 Å². The fourth-order valence-electron chi connectivity index (χ4n) is 3.53. The van der Waals surface area contributed by atoms with Gasteiger partial charge in [-0.3, -0.25) is 9.59 Å². The first-order valence-electron chi connectivity index (χ1n) is 9.42. The molecular formula is C21H24ClN3O4. The number of anilines is 1. The summed E-state index contributed by atoms with van der Waals surface area (Å²) in [5, 5.41) is 0. The van der Waals surface area contributed by atoms with Crippen LogP contribution in [0, 0.1) is 0 Å². The molecule has 2 aliphatic rings. The summed E-state index contributed by atoms with van der Waals surface area (Å²) in [6.45, 7) is 2.31. The topological polar surface area (TPSA) is 85.1 Å². The number of amides is 2. The maximum absolute atomic E-state index is 12.7. The largest absolute Gasteiger partial charge is 0.454 e. The molecule has 0 radical (unpaired) electrons. The number of carbonyl (C=O) groups excluding carboxylic acids is 2. The van der Waals surface area contributed by atoms with Crippen LogP contribution in [-0.2, 0) is 11.2 Å². The number of piperazine rings is 1. The van der Waals surface area contributed by atoms with Crippen molar-refractivity contribution in [1.29, 1.82) is 0 Å². The van der Waals surface area contributed by atoms with Gasteiger partial charge in [0.05, 0.1) is 0 Å². The van der Waals surface area contributed by atoms with Crippen molar-refractivity contribution in [2.45, 2.75) is 12.8 Å². The van der Waals surface area contributed by atoms with E-state index in [-0.39, 0.29) is 31.0 Å². The molecule has 0 atom stereocenters. The summed E-state index contributed by atoms with van der Waals surface area (Å²) >= 11 is 0. The van der Waals surface area contributed by atoms with E-state index in [1.165, 1.54) is 0 Å². The van der Waals surface area contributed by atoms with Crippen molar-refractivity contribution in [1.82, 2.24) is 9.80 Å². The average Bonchev–Trinajstić information content (AvgIpc) is 3.20. The van der Waals surface area contributed by atoms with Gasteiger partial charge in [-0.05, 0) is 36.2 Å². The van der Waals surface area contributed by atoms with Crippen LogP contribution in [0.25, 0.3) is 0 Å². The summed E-state index contributed by atoms with van der Waals surface area (Å²) in [5.74, 6) is 1.30. The molecule has 2 aromatic carbocycles. The normalized spacial score (nSPS) is 15.0. The third-order valence-corrected chi connectivity index (χ3v) is 5.20. The van der Waals surface area contributed by atoms with Crippen molar-refractivity contribution in [2.75, 3.05) is 38.7 Å². The van der Waals surface area contributed by atoms with E-state index in [0.29, 0.717) is 56.1 Å². The number of fused-ring (bicyclic) bond motifs is 1. The van der Waals surface area contributed by atoms with E-state index in [0.717, 1.165) is 11.3 Å². The number of benzene rings is 2. The first-order valence-corrected chi connectivity index (χ1v) is 9.42. The van der Waals surface area contributed by atoms with Crippen LogP contribution >= 0.6 is 12.4 Å². The van der Waals surface area contributed by atoms with E-state index < -0.39 is 0 Å². The number of ether oxygens (including phenoxy) is 2. The van der Waals surface area contributed by atoms with E-state index in [1.807, 2.05) is 29.2 Å². The van der Waals surface area contributed by atoms with Gasteiger partial charge in [0.1, 0.15) is 0 Å². The molecule has 0 unspecified atom stereocenters. The summed E-state index contributed by atoms with van der Waals surface area (Å²) < 4.78 is 10.6. The molecule has 8 heteroatoms. The summed E-state index contributed by atoms with van der Waals surface area (Å²) in [6, 6.07) is 12.8. The van der Waals surface area contributed by atoms with Crippen LogP contribution in [0.2, 0.25) is 0 Å². The van der Waals surface area contributed by atoms with Crippen molar-refractivity contribution < 1.29 is 19.1 Å². The molecule has 2 heterocycles. The van der Waals surface area contributed by atoms with Gasteiger partial charge in [-0.1, -0.05) is 18.2 Å². The van der Waals surface area contributed by atoms with Gasteiger partial charge in [0.2, 0.25) is 12.7 Å². The van der Waals surface area contributed by atoms with Crippen molar-refractivity contribution in [3.05, 3.63) is 53.6 Å². The lowest BCUT2D eigenvalue weighted by Gasteiger charge is -2.35. The molecule has 4 rings (SSSR count). The van der Waals surface area contributed by atoms with Crippen molar-refractivity contribution in [3.63, 3.8) is 0 Å². The standard InChI is InChI=1S/C21H23N3O4.ClH/c22-17-4-2-1-3-15(17)6-8-20(25)23-9-11-24(12-10-23)21(26)16-5-7-18-19(13-16)28-14-27-18;/h1-5,7,13H,6,8-12,14,22H2;1H. The average molecular weight is 418 g/mol. The number of halogens is 1. The van der Waals surface area contributed by atoms with Crippen LogP contribution in [0.5, 0.6) is 11.5 Å². The highest BCUT2D eigenvalue weighted by Crippen LogP contribution is 2.32. The highest BCUT2D eigenvalue weighted by Gasteiger charge is 2.26. The monoisotopic (exact) mass is 417 g/mol. The molecule has 1 saturated heterocycles. The van der Waals surface area contributed by atoms with Gasteiger partial charge >= 0.3 is 0 Å². The zero-order valence-electron chi connectivity index (χ0n) is 16.0. The molecule has 0 aliphatic carbocycles. The van der Waals surface area contributed by atoms with Gasteiger partial charge in [-0.15, -0.1) is 12.4 Å². The van der Waals surface area contributed by atoms with Crippen molar-refractivity contribution in [3.8, 4) is 11.5 Å². The van der Waals surface area contributed by atoms with E-state index in [9.17, 15) is 9.59 Å². The maximum atomic E-state index is 12.7. The fraction of sp³-hybridized carbons (Fsp3) is 0.333. The number of aryl methyl sites for hydroxylation is 1. The number of hydrogen-bond donors (Lipinski definition) is 1. The van der Waals surface area contributed by atoms with Gasteiger partial charge in [0, 0.05) is 43.9 Å². The van der Waals surface area contributed by atoms with Gasteiger partial charge < -0.3 is 25.0 Å². The SMILES string of the molecule is Cl.Nc1ccccc1CCC(=O)N1CCN(C(=O)c2ccc3c(c2)OCO3)CC1. The third kappa shape index (κ3) is 4.56. The molecule has 0 spiro atoms. The molecule has 2 aliphatic heterocycles. The highest BCUT2D eigenvalue weighted by atomic mass is 35.5. The molecule has 1 fully saturated rings. The van der Waals surface area contributed by atoms with Crippen LogP contribution < -0.4 is 15.2 Å². The second kappa shape index (κ2) is 9.05. The molecule has 0 aromatic heterocycles. The zero-order valence-corrected chi connectivity index (χ0v) is 16.8. The Hall–Kier alpha value is -2.93. The maximum Gasteiger partial charge on any atom is 0.254 e. The van der Waals surface area contributed by atoms with Crippen molar-refractivity contribution in [2.24, 2.45) is 0 Å². The Labute approximate surface area is 175 Å². The number of nitrogens with zero attached hydrogens (tertiary/aromatic N) is 2. The molecule has 29 heavy (non-hydrogen) atoms. The Morgan fingerprint density at radius 3 is 2.38 bits per heavy atom. The quantitative estimate of drug-likeness (QED) is 0.772. The third-order valence-electron chi connectivity index (χ3n) is 5.20. The van der Waals surface area contributed by atoms with E-state index in [4.69, 9.17) is 15.2 Å². The van der Waals surface area contributed by atoms with E-state index in [2.05, 4.69) is 0 Å². The number of nitrogen functional groups attached to an aromatic ring is 1. The number of carbonyl (C=O) groups is 2. The molecule has 7 nitrogen and oxygen atoms in total. The van der Waals surface area contributed by atoms with Crippen LogP contribution in [0.4, 0.5) is 5.69 Å². The van der Waals surface area contributed by atoms with Crippen LogP contribution in [-0.4, -0.2) is 54.6 Å². The summed E-state index contributed by atoms with van der Waals surface area (Å²) in [5.41, 5.74) is 8.22. The Balaban J connectivity index is 0.00000240. The first-order chi connectivity index (χ1) is 13.6. The minimum atomic E-state index is -0.0533. The van der Waals surface area contributed by atoms with E-state index >= 15 is 0 Å². The molecule has 0 bridgehead atoms. The molecule has 2 amide bonds. The number of rotatable bonds is 4. The molecular weight excluding hydrogens is 394 g/mol. The summed E-state index contributed by atoms with van der Waals surface area (Å²) in [7, 11) is 0. The Morgan fingerprint density at radius 2 is 1.62 bits per heavy atom. The molecule has 2 aromatic rings. The van der Waals surface area contributed by atoms with Crippen molar-refractivity contribution >= 4 is 29.9 Å². The lowest BCUT2D eigenvalue weighted by molar-refractivity contribution is -0.132. The molecule has 154 valence electrons. The Morgan fingerprint density at radius 1 is 0.931 bits per heavy atom. The lowest BCUT2D eigenvalue weighted by atomic mass is 10.1. The highest BCUT2D eigenvalue weighted by molar-refractivity contribution is 5.95. The first kappa shape index (κ1) is 20.8. The van der Waals surface area contributed by atoms with Gasteiger partial charge in [-0.2, -0.15) is 0 Å². The summed E-state index contributed by atoms with van der Waals surface area (Å²) in [4.78, 5) is 28.8. The van der Waals surface area contributed by atoms with E-state index in [1.54, 1.807) is 23.1 Å². The zero-order chi connectivity index (χ0) is 19.5. The number of hydrogen-bond acceptors (Lipinski definition) is 5. The Bertz CT molecular complexity index is 897. The lowest BCUT2D eigenvalue weighted by Crippen LogP contribution is -2.50. The summed E-state index contributed by atoms with van der Waals surface area (Å²) in [6.07, 6.45) is 1.05. The minimum absolute atomic E-state index is 0. The van der Waals surface area contributed by atoms with Crippen LogP contribution in [0.1, 0.15) is 22.3 Å². The van der Waals surface area contributed by atoms with Crippen LogP contribution in [0.15, 0.2) is 42.5 Å². The van der Waals surface area contributed by atoms with Crippen LogP contribution in [0.3, 0.4) is 0 Å². The predicted molar refractivity (Wildman–Crippen MR) is 111 cm³/mol. The smallest absolute Gasteiger partial charge is 0.254 e. The minimum Gasteiger partial charge on any atom is -0.454 e. The number of para-hydroxylation sites is 1.